The molecule has 0 saturated heterocycles. The van der Waals surface area contributed by atoms with Crippen LogP contribution in [0, 0.1) is 0 Å². The fourth-order valence-electron chi connectivity index (χ4n) is 1.94. The molecule has 1 aromatic carbocycles. The average molecular weight is 257 g/mol. The van der Waals surface area contributed by atoms with Gasteiger partial charge in [0.25, 0.3) is 0 Å². The third-order valence-corrected chi connectivity index (χ3v) is 3.03. The van der Waals surface area contributed by atoms with E-state index in [1.165, 1.54) is 0 Å². The number of benzene rings is 1. The number of hydrogen-bond acceptors (Lipinski definition) is 4. The van der Waals surface area contributed by atoms with Gasteiger partial charge in [-0.2, -0.15) is 0 Å². The van der Waals surface area contributed by atoms with E-state index >= 15 is 0 Å². The van der Waals surface area contributed by atoms with E-state index in [0.717, 1.165) is 11.8 Å². The van der Waals surface area contributed by atoms with Crippen LogP contribution in [0.3, 0.4) is 0 Å². The molecule has 1 atom stereocenters. The van der Waals surface area contributed by atoms with Crippen molar-refractivity contribution in [3.05, 3.63) is 16.7 Å². The zero-order valence-electron chi connectivity index (χ0n) is 9.66. The van der Waals surface area contributed by atoms with Gasteiger partial charge in [-0.25, -0.2) is 0 Å². The number of carbonyl (C=O) groups is 1. The molecule has 0 fully saturated rings. The summed E-state index contributed by atoms with van der Waals surface area (Å²) in [5.41, 5.74) is 0.791. The normalized spacial score (nSPS) is 14.5. The van der Waals surface area contributed by atoms with E-state index in [0.29, 0.717) is 28.7 Å². The number of ether oxygens (including phenoxy) is 3. The van der Waals surface area contributed by atoms with Gasteiger partial charge < -0.3 is 19.0 Å². The predicted molar refractivity (Wildman–Crippen MR) is 63.2 cm³/mol. The Morgan fingerprint density at radius 2 is 2.35 bits per heavy atom. The number of hydrogen-bond donors (Lipinski definition) is 0. The van der Waals surface area contributed by atoms with E-state index in [2.05, 4.69) is 0 Å². The standard InChI is InChI=1S/C12H13ClO4/c1-7(3-4-14)10-11(15-2)8(13)5-9-12(10)17-6-16-9/h4-5,7H,3,6H2,1-2H3. The second kappa shape index (κ2) is 4.84. The molecule has 2 rings (SSSR count). The molecule has 17 heavy (non-hydrogen) atoms. The fourth-order valence-corrected chi connectivity index (χ4v) is 2.21. The first-order valence-corrected chi connectivity index (χ1v) is 5.66. The van der Waals surface area contributed by atoms with Crippen LogP contribution >= 0.6 is 11.6 Å². The highest BCUT2D eigenvalue weighted by Crippen LogP contribution is 2.48. The molecule has 0 radical (unpaired) electrons. The third-order valence-electron chi connectivity index (χ3n) is 2.75. The summed E-state index contributed by atoms with van der Waals surface area (Å²) in [5, 5.41) is 0.462. The van der Waals surface area contributed by atoms with Crippen LogP contribution < -0.4 is 14.2 Å². The lowest BCUT2D eigenvalue weighted by molar-refractivity contribution is -0.108. The largest absolute Gasteiger partial charge is 0.495 e. The van der Waals surface area contributed by atoms with Crippen LogP contribution in [-0.4, -0.2) is 20.2 Å². The van der Waals surface area contributed by atoms with Gasteiger partial charge in [0.2, 0.25) is 6.79 Å². The van der Waals surface area contributed by atoms with Crippen LogP contribution in [0.2, 0.25) is 5.02 Å². The van der Waals surface area contributed by atoms with Gasteiger partial charge in [-0.05, 0) is 5.92 Å². The van der Waals surface area contributed by atoms with Gasteiger partial charge in [0.15, 0.2) is 11.5 Å². The molecular formula is C12H13ClO4. The van der Waals surface area contributed by atoms with Gasteiger partial charge in [0.05, 0.1) is 12.1 Å². The van der Waals surface area contributed by atoms with Crippen LogP contribution in [0.1, 0.15) is 24.8 Å². The monoisotopic (exact) mass is 256 g/mol. The molecule has 1 heterocycles. The third kappa shape index (κ3) is 2.05. The summed E-state index contributed by atoms with van der Waals surface area (Å²) in [7, 11) is 1.54. The van der Waals surface area contributed by atoms with E-state index in [4.69, 9.17) is 25.8 Å². The lowest BCUT2D eigenvalue weighted by Gasteiger charge is -2.17. The summed E-state index contributed by atoms with van der Waals surface area (Å²) in [4.78, 5) is 10.6. The minimum Gasteiger partial charge on any atom is -0.495 e. The van der Waals surface area contributed by atoms with Crippen molar-refractivity contribution >= 4 is 17.9 Å². The van der Waals surface area contributed by atoms with Crippen molar-refractivity contribution in [3.63, 3.8) is 0 Å². The van der Waals surface area contributed by atoms with Crippen molar-refractivity contribution in [3.8, 4) is 17.2 Å². The van der Waals surface area contributed by atoms with E-state index in [1.54, 1.807) is 13.2 Å². The Morgan fingerprint density at radius 1 is 1.59 bits per heavy atom. The quantitative estimate of drug-likeness (QED) is 0.777. The summed E-state index contributed by atoms with van der Waals surface area (Å²) >= 11 is 6.11. The molecule has 5 heteroatoms. The Kier molecular flexibility index (Phi) is 3.43. The van der Waals surface area contributed by atoms with E-state index < -0.39 is 0 Å². The zero-order valence-corrected chi connectivity index (χ0v) is 10.4. The first-order valence-electron chi connectivity index (χ1n) is 5.28. The molecule has 0 N–H and O–H groups in total. The SMILES string of the molecule is COc1c(Cl)cc2c(c1C(C)CC=O)OCO2. The molecule has 1 aliphatic heterocycles. The summed E-state index contributed by atoms with van der Waals surface area (Å²) < 4.78 is 16.0. The van der Waals surface area contributed by atoms with Gasteiger partial charge in [0.1, 0.15) is 12.0 Å². The number of rotatable bonds is 4. The minimum absolute atomic E-state index is 0.0309. The topological polar surface area (TPSA) is 44.8 Å². The van der Waals surface area contributed by atoms with Crippen LogP contribution in [0.4, 0.5) is 0 Å². The molecule has 1 unspecified atom stereocenters. The summed E-state index contributed by atoms with van der Waals surface area (Å²) in [6.07, 6.45) is 1.25. The molecule has 4 nitrogen and oxygen atoms in total. The smallest absolute Gasteiger partial charge is 0.231 e. The Balaban J connectivity index is 2.56. The fraction of sp³-hybridized carbons (Fsp3) is 0.417. The van der Waals surface area contributed by atoms with Gasteiger partial charge >= 0.3 is 0 Å². The number of carbonyl (C=O) groups excluding carboxylic acids is 1. The maximum absolute atomic E-state index is 10.6. The average Bonchev–Trinajstić information content (AvgIpc) is 2.74. The maximum Gasteiger partial charge on any atom is 0.231 e. The van der Waals surface area contributed by atoms with Crippen LogP contribution in [0.25, 0.3) is 0 Å². The number of aldehydes is 1. The highest BCUT2D eigenvalue weighted by Gasteiger charge is 2.27. The lowest BCUT2D eigenvalue weighted by atomic mass is 9.96. The predicted octanol–water partition coefficient (Wildman–Crippen LogP) is 2.77. The number of fused-ring (bicyclic) bond motifs is 1. The van der Waals surface area contributed by atoms with Crippen LogP contribution in [0.15, 0.2) is 6.07 Å². The molecule has 0 saturated carbocycles. The van der Waals surface area contributed by atoms with Gasteiger partial charge in [-0.3, -0.25) is 0 Å². The van der Waals surface area contributed by atoms with Gasteiger partial charge in [0, 0.05) is 18.1 Å². The zero-order chi connectivity index (χ0) is 12.4. The van der Waals surface area contributed by atoms with Gasteiger partial charge in [-0.1, -0.05) is 18.5 Å². The van der Waals surface area contributed by atoms with E-state index in [1.807, 2.05) is 6.92 Å². The summed E-state index contributed by atoms with van der Waals surface area (Å²) in [6, 6.07) is 1.67. The van der Waals surface area contributed by atoms with Gasteiger partial charge in [-0.15, -0.1) is 0 Å². The molecule has 1 aliphatic rings. The van der Waals surface area contributed by atoms with Crippen molar-refractivity contribution in [2.75, 3.05) is 13.9 Å². The Bertz CT molecular complexity index is 441. The summed E-state index contributed by atoms with van der Waals surface area (Å²) in [5.74, 6) is 1.74. The second-order valence-corrected chi connectivity index (χ2v) is 4.25. The second-order valence-electron chi connectivity index (χ2n) is 3.84. The Morgan fingerprint density at radius 3 is 3.00 bits per heavy atom. The van der Waals surface area contributed by atoms with E-state index in [9.17, 15) is 4.79 Å². The highest BCUT2D eigenvalue weighted by molar-refractivity contribution is 6.32. The number of methoxy groups -OCH3 is 1. The molecule has 0 bridgehead atoms. The first kappa shape index (κ1) is 12.0. The van der Waals surface area contributed by atoms with Crippen molar-refractivity contribution in [1.82, 2.24) is 0 Å². The Labute approximate surface area is 104 Å². The van der Waals surface area contributed by atoms with Crippen molar-refractivity contribution in [2.45, 2.75) is 19.3 Å². The lowest BCUT2D eigenvalue weighted by Crippen LogP contribution is -2.01. The highest BCUT2D eigenvalue weighted by atomic mass is 35.5. The van der Waals surface area contributed by atoms with Crippen LogP contribution in [0.5, 0.6) is 17.2 Å². The van der Waals surface area contributed by atoms with Crippen molar-refractivity contribution < 1.29 is 19.0 Å². The molecule has 0 amide bonds. The molecule has 0 spiro atoms. The molecular weight excluding hydrogens is 244 g/mol. The summed E-state index contributed by atoms with van der Waals surface area (Å²) in [6.45, 7) is 2.09. The van der Waals surface area contributed by atoms with Crippen molar-refractivity contribution in [2.24, 2.45) is 0 Å². The van der Waals surface area contributed by atoms with E-state index in [-0.39, 0.29) is 12.7 Å². The maximum atomic E-state index is 10.6. The molecule has 0 aromatic heterocycles. The molecule has 1 aromatic rings. The number of halogens is 1. The van der Waals surface area contributed by atoms with Crippen LogP contribution in [-0.2, 0) is 4.79 Å². The first-order chi connectivity index (χ1) is 8.19. The minimum atomic E-state index is -0.0309. The molecule has 92 valence electrons. The molecule has 0 aliphatic carbocycles. The van der Waals surface area contributed by atoms with Crippen molar-refractivity contribution in [1.29, 1.82) is 0 Å². The Hall–Kier alpha value is -1.42.